The molecule has 0 amide bonds. The molecule has 14 heavy (non-hydrogen) atoms. The topological polar surface area (TPSA) is 37.0 Å². The van der Waals surface area contributed by atoms with Crippen molar-refractivity contribution in [1.29, 1.82) is 0 Å². The van der Waals surface area contributed by atoms with Gasteiger partial charge in [-0.15, -0.1) is 0 Å². The lowest BCUT2D eigenvalue weighted by atomic mass is 10.1. The van der Waals surface area contributed by atoms with Gasteiger partial charge in [-0.1, -0.05) is 11.6 Å². The van der Waals surface area contributed by atoms with Gasteiger partial charge >= 0.3 is 0 Å². The average molecular weight is 190 g/mol. The zero-order chi connectivity index (χ0) is 9.97. The van der Waals surface area contributed by atoms with Crippen molar-refractivity contribution in [2.24, 2.45) is 0 Å². The van der Waals surface area contributed by atoms with Crippen LogP contribution in [0.2, 0.25) is 0 Å². The molecular weight excluding hydrogens is 176 g/mol. The lowest BCUT2D eigenvalue weighted by Crippen LogP contribution is -2.10. The zero-order valence-electron chi connectivity index (χ0n) is 8.42. The molecule has 0 saturated carbocycles. The fraction of sp³-hybridized carbons (Fsp3) is 0.273. The smallest absolute Gasteiger partial charge is 0.0572 e. The van der Waals surface area contributed by atoms with Crippen molar-refractivity contribution in [3.63, 3.8) is 0 Å². The van der Waals surface area contributed by atoms with Crippen molar-refractivity contribution >= 4 is 10.9 Å². The van der Waals surface area contributed by atoms with Gasteiger partial charge in [0.25, 0.3) is 0 Å². The Bertz CT molecular complexity index is 434. The maximum atomic E-state index is 4.83. The van der Waals surface area contributed by atoms with Gasteiger partial charge < -0.3 is 9.82 Å². The minimum Gasteiger partial charge on any atom is -0.361 e. The lowest BCUT2D eigenvalue weighted by molar-refractivity contribution is 0.0870. The Balaban J connectivity index is 2.40. The van der Waals surface area contributed by atoms with Gasteiger partial charge in [-0.2, -0.15) is 5.48 Å². The summed E-state index contributed by atoms with van der Waals surface area (Å²) in [6, 6.07) is 6.38. The van der Waals surface area contributed by atoms with Crippen LogP contribution >= 0.6 is 0 Å². The summed E-state index contributed by atoms with van der Waals surface area (Å²) in [5, 5.41) is 1.26. The van der Waals surface area contributed by atoms with Crippen molar-refractivity contribution in [2.45, 2.75) is 13.5 Å². The van der Waals surface area contributed by atoms with Gasteiger partial charge in [-0.05, 0) is 24.6 Å². The Labute approximate surface area is 83.0 Å². The van der Waals surface area contributed by atoms with Crippen molar-refractivity contribution in [3.05, 3.63) is 35.5 Å². The summed E-state index contributed by atoms with van der Waals surface area (Å²) in [6.45, 7) is 2.82. The Morgan fingerprint density at radius 2 is 2.29 bits per heavy atom. The standard InChI is InChI=1S/C11H14N2O/c1-8-3-4-11-10(5-8)9(6-12-11)7-13-14-2/h3-6,12-13H,7H2,1-2H3. The predicted octanol–water partition coefficient (Wildman–Crippen LogP) is 2.13. The van der Waals surface area contributed by atoms with Crippen LogP contribution in [0.4, 0.5) is 0 Å². The number of hydroxylamine groups is 1. The van der Waals surface area contributed by atoms with Crippen molar-refractivity contribution in [1.82, 2.24) is 10.5 Å². The van der Waals surface area contributed by atoms with Crippen molar-refractivity contribution in [3.8, 4) is 0 Å². The van der Waals surface area contributed by atoms with E-state index in [0.717, 1.165) is 6.54 Å². The Hall–Kier alpha value is -1.32. The summed E-state index contributed by atoms with van der Waals surface area (Å²) in [5.74, 6) is 0. The van der Waals surface area contributed by atoms with Gasteiger partial charge in [0, 0.05) is 23.6 Å². The van der Waals surface area contributed by atoms with Gasteiger partial charge in [0.2, 0.25) is 0 Å². The molecule has 74 valence electrons. The first-order valence-electron chi connectivity index (χ1n) is 4.63. The number of H-pyrrole nitrogens is 1. The van der Waals surface area contributed by atoms with E-state index in [9.17, 15) is 0 Å². The summed E-state index contributed by atoms with van der Waals surface area (Å²) >= 11 is 0. The summed E-state index contributed by atoms with van der Waals surface area (Å²) in [6.07, 6.45) is 2.01. The number of hydrogen-bond acceptors (Lipinski definition) is 2. The first-order chi connectivity index (χ1) is 6.81. The summed E-state index contributed by atoms with van der Waals surface area (Å²) < 4.78 is 0. The molecule has 1 aromatic heterocycles. The average Bonchev–Trinajstić information content (AvgIpc) is 2.57. The molecule has 0 fully saturated rings. The van der Waals surface area contributed by atoms with Crippen LogP contribution in [0.1, 0.15) is 11.1 Å². The molecule has 0 unspecified atom stereocenters. The highest BCUT2D eigenvalue weighted by atomic mass is 16.6. The highest BCUT2D eigenvalue weighted by molar-refractivity contribution is 5.83. The van der Waals surface area contributed by atoms with E-state index in [1.807, 2.05) is 6.20 Å². The van der Waals surface area contributed by atoms with Crippen LogP contribution < -0.4 is 5.48 Å². The fourth-order valence-corrected chi connectivity index (χ4v) is 1.59. The Kier molecular flexibility index (Phi) is 2.52. The third-order valence-electron chi connectivity index (χ3n) is 2.33. The molecule has 2 N–H and O–H groups in total. The van der Waals surface area contributed by atoms with Gasteiger partial charge in [0.15, 0.2) is 0 Å². The third-order valence-corrected chi connectivity index (χ3v) is 2.33. The van der Waals surface area contributed by atoms with E-state index in [0.29, 0.717) is 0 Å². The Morgan fingerprint density at radius 3 is 3.07 bits per heavy atom. The van der Waals surface area contributed by atoms with Gasteiger partial charge in [0.1, 0.15) is 0 Å². The molecule has 1 aromatic carbocycles. The van der Waals surface area contributed by atoms with E-state index >= 15 is 0 Å². The number of aromatic amines is 1. The molecule has 0 spiro atoms. The molecule has 0 radical (unpaired) electrons. The van der Waals surface area contributed by atoms with E-state index in [1.165, 1.54) is 22.0 Å². The molecule has 3 nitrogen and oxygen atoms in total. The summed E-state index contributed by atoms with van der Waals surface area (Å²) in [7, 11) is 1.63. The van der Waals surface area contributed by atoms with Crippen LogP contribution in [-0.2, 0) is 11.4 Å². The predicted molar refractivity (Wildman–Crippen MR) is 56.9 cm³/mol. The largest absolute Gasteiger partial charge is 0.361 e. The second-order valence-corrected chi connectivity index (χ2v) is 3.39. The van der Waals surface area contributed by atoms with Crippen LogP contribution in [0, 0.1) is 6.92 Å². The summed E-state index contributed by atoms with van der Waals surface area (Å²) in [4.78, 5) is 8.06. The first-order valence-corrected chi connectivity index (χ1v) is 4.63. The zero-order valence-corrected chi connectivity index (χ0v) is 8.42. The molecule has 2 rings (SSSR count). The van der Waals surface area contributed by atoms with Gasteiger partial charge in [-0.3, -0.25) is 0 Å². The molecule has 0 aliphatic carbocycles. The monoisotopic (exact) mass is 190 g/mol. The lowest BCUT2D eigenvalue weighted by Gasteiger charge is -2.00. The molecule has 0 aliphatic heterocycles. The second-order valence-electron chi connectivity index (χ2n) is 3.39. The normalized spacial score (nSPS) is 11.0. The minimum atomic E-state index is 0.722. The number of hydrogen-bond donors (Lipinski definition) is 2. The number of fused-ring (bicyclic) bond motifs is 1. The highest BCUT2D eigenvalue weighted by Crippen LogP contribution is 2.19. The third kappa shape index (κ3) is 1.64. The number of nitrogens with one attached hydrogen (secondary N) is 2. The molecule has 0 saturated heterocycles. The quantitative estimate of drug-likeness (QED) is 0.727. The van der Waals surface area contributed by atoms with Crippen LogP contribution in [0.3, 0.4) is 0 Å². The van der Waals surface area contributed by atoms with Gasteiger partial charge in [-0.25, -0.2) is 0 Å². The van der Waals surface area contributed by atoms with Crippen molar-refractivity contribution in [2.75, 3.05) is 7.11 Å². The molecule has 1 heterocycles. The summed E-state index contributed by atoms with van der Waals surface area (Å²) in [5.41, 5.74) is 6.51. The maximum Gasteiger partial charge on any atom is 0.0572 e. The Morgan fingerprint density at radius 1 is 1.43 bits per heavy atom. The SMILES string of the molecule is CONCc1c[nH]c2ccc(C)cc12. The number of rotatable bonds is 3. The molecule has 0 atom stereocenters. The van der Waals surface area contributed by atoms with E-state index in [1.54, 1.807) is 7.11 Å². The van der Waals surface area contributed by atoms with E-state index in [4.69, 9.17) is 4.84 Å². The maximum absolute atomic E-state index is 4.83. The molecule has 3 heteroatoms. The number of benzene rings is 1. The van der Waals surface area contributed by atoms with Crippen LogP contribution in [0.25, 0.3) is 10.9 Å². The van der Waals surface area contributed by atoms with E-state index in [-0.39, 0.29) is 0 Å². The fourth-order valence-electron chi connectivity index (χ4n) is 1.59. The number of aryl methyl sites for hydroxylation is 1. The van der Waals surface area contributed by atoms with E-state index in [2.05, 4.69) is 35.6 Å². The molecular formula is C11H14N2O. The minimum absolute atomic E-state index is 0.722. The van der Waals surface area contributed by atoms with E-state index < -0.39 is 0 Å². The van der Waals surface area contributed by atoms with Gasteiger partial charge in [0.05, 0.1) is 7.11 Å². The second kappa shape index (κ2) is 3.82. The van der Waals surface area contributed by atoms with Crippen LogP contribution in [-0.4, -0.2) is 12.1 Å². The van der Waals surface area contributed by atoms with Crippen molar-refractivity contribution < 1.29 is 4.84 Å². The molecule has 2 aromatic rings. The molecule has 0 aliphatic rings. The highest BCUT2D eigenvalue weighted by Gasteiger charge is 2.02. The first kappa shape index (κ1) is 9.24. The van der Waals surface area contributed by atoms with Crippen LogP contribution in [0.5, 0.6) is 0 Å². The van der Waals surface area contributed by atoms with Crippen LogP contribution in [0.15, 0.2) is 24.4 Å². The molecule has 0 bridgehead atoms. The number of aromatic nitrogens is 1.